The fourth-order valence-corrected chi connectivity index (χ4v) is 2.58. The molecule has 2 aromatic rings. The van der Waals surface area contributed by atoms with Crippen molar-refractivity contribution in [3.8, 4) is 0 Å². The van der Waals surface area contributed by atoms with E-state index < -0.39 is 4.92 Å². The molecule has 0 heterocycles. The zero-order valence-electron chi connectivity index (χ0n) is 15.5. The second-order valence-corrected chi connectivity index (χ2v) is 5.98. The summed E-state index contributed by atoms with van der Waals surface area (Å²) in [4.78, 5) is 12.1. The topological polar surface area (TPSA) is 86.8 Å². The number of aliphatic hydroxyl groups is 2. The molecule has 0 saturated carbocycles. The molecule has 0 fully saturated rings. The molecule has 0 amide bonds. The van der Waals surface area contributed by atoms with Crippen LogP contribution in [0.2, 0.25) is 0 Å². The van der Waals surface area contributed by atoms with Gasteiger partial charge < -0.3 is 15.1 Å². The van der Waals surface area contributed by atoms with E-state index in [1.807, 2.05) is 65.6 Å². The summed E-state index contributed by atoms with van der Waals surface area (Å²) in [6, 6.07) is 14.3. The molecular weight excluding hydrogens is 356 g/mol. The molecule has 146 valence electrons. The van der Waals surface area contributed by atoms with Gasteiger partial charge >= 0.3 is 0 Å². The lowest BCUT2D eigenvalue weighted by atomic mass is 10.1. The summed E-state index contributed by atoms with van der Waals surface area (Å²) in [7, 11) is 0. The van der Waals surface area contributed by atoms with Crippen LogP contribution in [0.1, 0.15) is 11.1 Å². The van der Waals surface area contributed by atoms with Gasteiger partial charge in [-0.25, -0.2) is 0 Å². The number of non-ortho nitro benzene ring substituents is 1. The number of aliphatic hydroxyl groups excluding tert-OH is 2. The van der Waals surface area contributed by atoms with Crippen molar-refractivity contribution in [2.75, 3.05) is 31.2 Å². The third-order valence-electron chi connectivity index (χ3n) is 4.01. The summed E-state index contributed by atoms with van der Waals surface area (Å²) in [5.74, 6) is 0. The fourth-order valence-electron chi connectivity index (χ4n) is 2.58. The molecule has 6 heteroatoms. The monoisotopic (exact) mass is 380 g/mol. The minimum absolute atomic E-state index is 0.0415. The number of allylic oxidation sites excluding steroid dienone is 4. The van der Waals surface area contributed by atoms with Crippen LogP contribution in [0.3, 0.4) is 0 Å². The molecule has 0 aliphatic heterocycles. The van der Waals surface area contributed by atoms with E-state index in [9.17, 15) is 10.1 Å². The van der Waals surface area contributed by atoms with Crippen LogP contribution in [0.25, 0.3) is 12.2 Å². The Bertz CT molecular complexity index is 819. The highest BCUT2D eigenvalue weighted by molar-refractivity contribution is 5.57. The Morgan fingerprint density at radius 1 is 0.786 bits per heavy atom. The van der Waals surface area contributed by atoms with Crippen LogP contribution in [-0.2, 0) is 0 Å². The number of hydrogen-bond acceptors (Lipinski definition) is 5. The number of anilines is 1. The predicted molar refractivity (Wildman–Crippen MR) is 113 cm³/mol. The first kappa shape index (κ1) is 21.1. The normalized spacial score (nSPS) is 11.6. The lowest BCUT2D eigenvalue weighted by Crippen LogP contribution is -2.29. The average Bonchev–Trinajstić information content (AvgIpc) is 2.71. The molecule has 2 aromatic carbocycles. The van der Waals surface area contributed by atoms with Crippen molar-refractivity contribution in [2.24, 2.45) is 0 Å². The Morgan fingerprint density at radius 2 is 1.25 bits per heavy atom. The molecule has 2 rings (SSSR count). The second kappa shape index (κ2) is 11.5. The Kier molecular flexibility index (Phi) is 8.65. The van der Waals surface area contributed by atoms with E-state index in [0.29, 0.717) is 13.1 Å². The summed E-state index contributed by atoms with van der Waals surface area (Å²) < 4.78 is 0. The van der Waals surface area contributed by atoms with Crippen LogP contribution < -0.4 is 4.90 Å². The van der Waals surface area contributed by atoms with Gasteiger partial charge in [0.2, 0.25) is 0 Å². The molecule has 0 radical (unpaired) electrons. The molecule has 6 nitrogen and oxygen atoms in total. The van der Waals surface area contributed by atoms with Gasteiger partial charge in [-0.3, -0.25) is 10.1 Å². The molecule has 0 spiro atoms. The SMILES string of the molecule is O=[N+]([O-])c1ccc(C=CC=CC=Cc2ccc(N(CCO)CCO)cc2)cc1. The van der Waals surface area contributed by atoms with Gasteiger partial charge in [-0.2, -0.15) is 0 Å². The lowest BCUT2D eigenvalue weighted by Gasteiger charge is -2.22. The molecule has 2 N–H and O–H groups in total. The highest BCUT2D eigenvalue weighted by atomic mass is 16.6. The van der Waals surface area contributed by atoms with E-state index in [4.69, 9.17) is 10.2 Å². The average molecular weight is 380 g/mol. The Hall–Kier alpha value is -3.22. The number of nitro groups is 1. The summed E-state index contributed by atoms with van der Waals surface area (Å²) in [6.07, 6.45) is 11.4. The highest BCUT2D eigenvalue weighted by Gasteiger charge is 2.04. The van der Waals surface area contributed by atoms with Crippen molar-refractivity contribution >= 4 is 23.5 Å². The number of nitro benzene ring substituents is 1. The summed E-state index contributed by atoms with van der Waals surface area (Å²) >= 11 is 0. The maximum absolute atomic E-state index is 10.6. The largest absolute Gasteiger partial charge is 0.395 e. The van der Waals surface area contributed by atoms with Gasteiger partial charge in [-0.15, -0.1) is 0 Å². The van der Waals surface area contributed by atoms with Crippen molar-refractivity contribution in [3.05, 3.63) is 94.1 Å². The van der Waals surface area contributed by atoms with Crippen LogP contribution in [-0.4, -0.2) is 41.4 Å². The van der Waals surface area contributed by atoms with Gasteiger partial charge in [0, 0.05) is 30.9 Å². The molecule has 0 atom stereocenters. The van der Waals surface area contributed by atoms with E-state index in [1.165, 1.54) is 12.1 Å². The van der Waals surface area contributed by atoms with Crippen LogP contribution in [0, 0.1) is 10.1 Å². The van der Waals surface area contributed by atoms with Gasteiger partial charge in [-0.05, 0) is 35.4 Å². The lowest BCUT2D eigenvalue weighted by molar-refractivity contribution is -0.384. The first-order valence-electron chi connectivity index (χ1n) is 8.96. The Labute approximate surface area is 164 Å². The minimum atomic E-state index is -0.415. The third-order valence-corrected chi connectivity index (χ3v) is 4.01. The molecule has 0 saturated heterocycles. The molecule has 0 aliphatic carbocycles. The summed E-state index contributed by atoms with van der Waals surface area (Å²) in [5, 5.41) is 28.8. The van der Waals surface area contributed by atoms with Crippen LogP contribution in [0.15, 0.2) is 72.8 Å². The molecule has 0 bridgehead atoms. The quantitative estimate of drug-likeness (QED) is 0.373. The maximum atomic E-state index is 10.6. The zero-order chi connectivity index (χ0) is 20.2. The van der Waals surface area contributed by atoms with Crippen molar-refractivity contribution in [1.29, 1.82) is 0 Å². The van der Waals surface area contributed by atoms with E-state index >= 15 is 0 Å². The van der Waals surface area contributed by atoms with Crippen molar-refractivity contribution in [3.63, 3.8) is 0 Å². The first-order chi connectivity index (χ1) is 13.6. The predicted octanol–water partition coefficient (Wildman–Crippen LogP) is 3.67. The smallest absolute Gasteiger partial charge is 0.269 e. The molecule has 0 unspecified atom stereocenters. The third kappa shape index (κ3) is 6.83. The summed E-state index contributed by atoms with van der Waals surface area (Å²) in [6.45, 7) is 1.05. The van der Waals surface area contributed by atoms with Crippen molar-refractivity contribution < 1.29 is 15.1 Å². The van der Waals surface area contributed by atoms with Gasteiger partial charge in [0.05, 0.1) is 18.1 Å². The minimum Gasteiger partial charge on any atom is -0.395 e. The van der Waals surface area contributed by atoms with Gasteiger partial charge in [0.15, 0.2) is 0 Å². The Balaban J connectivity index is 1.88. The van der Waals surface area contributed by atoms with Crippen LogP contribution in [0.4, 0.5) is 11.4 Å². The zero-order valence-corrected chi connectivity index (χ0v) is 15.5. The molecule has 0 aliphatic rings. The standard InChI is InChI=1S/C22H24N2O4/c25-17-15-23(16-18-26)21-11-7-19(8-12-21)5-3-1-2-4-6-20-9-13-22(14-10-20)24(27)28/h1-14,25-26H,15-18H2. The van der Waals surface area contributed by atoms with E-state index in [-0.39, 0.29) is 18.9 Å². The maximum Gasteiger partial charge on any atom is 0.269 e. The fraction of sp³-hybridized carbons (Fsp3) is 0.182. The van der Waals surface area contributed by atoms with Crippen molar-refractivity contribution in [2.45, 2.75) is 0 Å². The molecule has 28 heavy (non-hydrogen) atoms. The highest BCUT2D eigenvalue weighted by Crippen LogP contribution is 2.16. The van der Waals surface area contributed by atoms with Gasteiger partial charge in [0.25, 0.3) is 5.69 Å². The number of benzene rings is 2. The van der Waals surface area contributed by atoms with E-state index in [0.717, 1.165) is 16.8 Å². The van der Waals surface area contributed by atoms with Gasteiger partial charge in [-0.1, -0.05) is 48.6 Å². The number of nitrogens with zero attached hydrogens (tertiary/aromatic N) is 2. The first-order valence-corrected chi connectivity index (χ1v) is 8.96. The molecule has 0 aromatic heterocycles. The van der Waals surface area contributed by atoms with Crippen molar-refractivity contribution in [1.82, 2.24) is 0 Å². The molecular formula is C22H24N2O4. The van der Waals surface area contributed by atoms with Crippen LogP contribution in [0.5, 0.6) is 0 Å². The summed E-state index contributed by atoms with van der Waals surface area (Å²) in [5.41, 5.74) is 2.98. The second-order valence-electron chi connectivity index (χ2n) is 5.98. The number of rotatable bonds is 10. The van der Waals surface area contributed by atoms with E-state index in [2.05, 4.69) is 0 Å². The van der Waals surface area contributed by atoms with Crippen LogP contribution >= 0.6 is 0 Å². The van der Waals surface area contributed by atoms with E-state index in [1.54, 1.807) is 12.1 Å². The number of hydrogen-bond donors (Lipinski definition) is 2. The Morgan fingerprint density at radius 3 is 1.68 bits per heavy atom. The van der Waals surface area contributed by atoms with Gasteiger partial charge in [0.1, 0.15) is 0 Å².